The van der Waals surface area contributed by atoms with Crippen molar-refractivity contribution in [2.24, 2.45) is 0 Å². The second-order valence-corrected chi connectivity index (χ2v) is 7.70. The van der Waals surface area contributed by atoms with Crippen molar-refractivity contribution in [2.45, 2.75) is 12.6 Å². The molecule has 0 saturated carbocycles. The van der Waals surface area contributed by atoms with Gasteiger partial charge in [-0.05, 0) is 29.8 Å². The van der Waals surface area contributed by atoms with Crippen LogP contribution in [0.25, 0.3) is 0 Å². The third kappa shape index (κ3) is 3.60. The number of pyridine rings is 2. The van der Waals surface area contributed by atoms with Gasteiger partial charge in [0.1, 0.15) is 0 Å². The van der Waals surface area contributed by atoms with Crippen LogP contribution in [0.5, 0.6) is 0 Å². The van der Waals surface area contributed by atoms with E-state index in [0.717, 1.165) is 5.56 Å². The van der Waals surface area contributed by atoms with Gasteiger partial charge in [-0.1, -0.05) is 0 Å². The number of amides is 1. The van der Waals surface area contributed by atoms with Gasteiger partial charge < -0.3 is 4.90 Å². The molecule has 2 aromatic rings. The van der Waals surface area contributed by atoms with Crippen LogP contribution in [0.3, 0.4) is 0 Å². The molecule has 0 aromatic carbocycles. The highest BCUT2D eigenvalue weighted by Gasteiger charge is 2.39. The Labute approximate surface area is 141 Å². The molecule has 2 aromatic heterocycles. The zero-order valence-electron chi connectivity index (χ0n) is 13.2. The van der Waals surface area contributed by atoms with Crippen molar-refractivity contribution in [3.63, 3.8) is 0 Å². The highest BCUT2D eigenvalue weighted by Crippen LogP contribution is 2.22. The maximum absolute atomic E-state index is 12.3. The Bertz CT molecular complexity index is 806. The summed E-state index contributed by atoms with van der Waals surface area (Å²) in [7, 11) is -3.37. The number of rotatable bonds is 5. The third-order valence-electron chi connectivity index (χ3n) is 3.98. The lowest BCUT2D eigenvalue weighted by Crippen LogP contribution is -2.61. The Morgan fingerprint density at radius 2 is 1.92 bits per heavy atom. The monoisotopic (exact) mass is 346 g/mol. The van der Waals surface area contributed by atoms with E-state index < -0.39 is 10.0 Å². The van der Waals surface area contributed by atoms with Crippen LogP contribution in [-0.4, -0.2) is 58.9 Å². The summed E-state index contributed by atoms with van der Waals surface area (Å²) >= 11 is 0. The Kier molecular flexibility index (Phi) is 4.59. The van der Waals surface area contributed by atoms with Crippen LogP contribution in [0.1, 0.15) is 15.9 Å². The molecule has 1 saturated heterocycles. The van der Waals surface area contributed by atoms with Crippen LogP contribution in [0.2, 0.25) is 0 Å². The standard InChI is InChI=1S/C16H18N4O3S/c1-24(22,23)20(10-13-4-7-17-8-5-13)15-11-19(12-15)16(21)14-3-2-6-18-9-14/h2-9,15H,10-12H2,1H3. The quantitative estimate of drug-likeness (QED) is 0.798. The van der Waals surface area contributed by atoms with Gasteiger partial charge in [-0.25, -0.2) is 8.42 Å². The Balaban J connectivity index is 1.68. The van der Waals surface area contributed by atoms with Gasteiger partial charge in [0.25, 0.3) is 5.91 Å². The SMILES string of the molecule is CS(=O)(=O)N(Cc1ccncc1)C1CN(C(=O)c2cccnc2)C1. The van der Waals surface area contributed by atoms with E-state index in [1.165, 1.54) is 16.8 Å². The maximum atomic E-state index is 12.3. The van der Waals surface area contributed by atoms with Gasteiger partial charge in [0, 0.05) is 44.4 Å². The first kappa shape index (κ1) is 16.5. The van der Waals surface area contributed by atoms with Gasteiger partial charge >= 0.3 is 0 Å². The average Bonchev–Trinajstić information content (AvgIpc) is 2.53. The molecule has 7 nitrogen and oxygen atoms in total. The summed E-state index contributed by atoms with van der Waals surface area (Å²) in [5, 5.41) is 0. The summed E-state index contributed by atoms with van der Waals surface area (Å²) in [5.74, 6) is -0.128. The molecule has 1 fully saturated rings. The summed E-state index contributed by atoms with van der Waals surface area (Å²) in [6.07, 6.45) is 7.58. The third-order valence-corrected chi connectivity index (χ3v) is 5.26. The summed E-state index contributed by atoms with van der Waals surface area (Å²) in [4.78, 5) is 21.8. The Hall–Kier alpha value is -2.32. The molecule has 0 atom stereocenters. The first-order chi connectivity index (χ1) is 11.4. The number of carbonyl (C=O) groups excluding carboxylic acids is 1. The van der Waals surface area contributed by atoms with Gasteiger partial charge in [0.05, 0.1) is 17.9 Å². The number of sulfonamides is 1. The fraction of sp³-hybridized carbons (Fsp3) is 0.312. The summed E-state index contributed by atoms with van der Waals surface area (Å²) < 4.78 is 25.7. The lowest BCUT2D eigenvalue weighted by Gasteiger charge is -2.44. The normalized spacial score (nSPS) is 15.3. The molecule has 126 valence electrons. The van der Waals surface area contributed by atoms with Gasteiger partial charge in [0.15, 0.2) is 0 Å². The van der Waals surface area contributed by atoms with E-state index in [4.69, 9.17) is 0 Å². The van der Waals surface area contributed by atoms with Crippen LogP contribution in [0.4, 0.5) is 0 Å². The predicted molar refractivity (Wildman–Crippen MR) is 88.6 cm³/mol. The fourth-order valence-corrected chi connectivity index (χ4v) is 3.72. The van der Waals surface area contributed by atoms with Crippen molar-refractivity contribution in [3.05, 3.63) is 60.2 Å². The lowest BCUT2D eigenvalue weighted by molar-refractivity contribution is 0.0443. The molecule has 0 bridgehead atoms. The van der Waals surface area contributed by atoms with E-state index in [1.54, 1.807) is 47.8 Å². The number of likely N-dealkylation sites (tertiary alicyclic amines) is 1. The summed E-state index contributed by atoms with van der Waals surface area (Å²) in [6.45, 7) is 1.04. The van der Waals surface area contributed by atoms with E-state index in [1.807, 2.05) is 0 Å². The molecule has 1 aliphatic rings. The van der Waals surface area contributed by atoms with Crippen molar-refractivity contribution in [1.29, 1.82) is 0 Å². The van der Waals surface area contributed by atoms with Crippen molar-refractivity contribution >= 4 is 15.9 Å². The van der Waals surface area contributed by atoms with E-state index in [9.17, 15) is 13.2 Å². The molecule has 1 amide bonds. The molecule has 0 radical (unpaired) electrons. The molecular weight excluding hydrogens is 328 g/mol. The number of hydrogen-bond donors (Lipinski definition) is 0. The number of aromatic nitrogens is 2. The molecule has 3 rings (SSSR count). The molecule has 0 unspecified atom stereocenters. The largest absolute Gasteiger partial charge is 0.335 e. The first-order valence-corrected chi connectivity index (χ1v) is 9.35. The minimum atomic E-state index is -3.37. The van der Waals surface area contributed by atoms with Crippen molar-refractivity contribution in [2.75, 3.05) is 19.3 Å². The van der Waals surface area contributed by atoms with E-state index in [2.05, 4.69) is 9.97 Å². The molecule has 0 N–H and O–H groups in total. The molecule has 3 heterocycles. The number of hydrogen-bond acceptors (Lipinski definition) is 5. The number of nitrogens with zero attached hydrogens (tertiary/aromatic N) is 4. The predicted octanol–water partition coefficient (Wildman–Crippen LogP) is 0.763. The van der Waals surface area contributed by atoms with Crippen LogP contribution >= 0.6 is 0 Å². The van der Waals surface area contributed by atoms with Crippen LogP contribution in [-0.2, 0) is 16.6 Å². The maximum Gasteiger partial charge on any atom is 0.255 e. The molecule has 8 heteroatoms. The molecule has 1 aliphatic heterocycles. The zero-order valence-corrected chi connectivity index (χ0v) is 14.1. The fourth-order valence-electron chi connectivity index (χ4n) is 2.66. The van der Waals surface area contributed by atoms with E-state index in [0.29, 0.717) is 18.7 Å². The molecule has 0 spiro atoms. The lowest BCUT2D eigenvalue weighted by atomic mass is 10.1. The van der Waals surface area contributed by atoms with Crippen LogP contribution < -0.4 is 0 Å². The van der Waals surface area contributed by atoms with Gasteiger partial charge in [-0.3, -0.25) is 14.8 Å². The van der Waals surface area contributed by atoms with Gasteiger partial charge in [-0.15, -0.1) is 0 Å². The minimum Gasteiger partial charge on any atom is -0.335 e. The average molecular weight is 346 g/mol. The second-order valence-electron chi connectivity index (χ2n) is 5.77. The smallest absolute Gasteiger partial charge is 0.255 e. The zero-order chi connectivity index (χ0) is 17.2. The number of carbonyl (C=O) groups is 1. The molecular formula is C16H18N4O3S. The van der Waals surface area contributed by atoms with Crippen LogP contribution in [0, 0.1) is 0 Å². The van der Waals surface area contributed by atoms with Gasteiger partial charge in [0.2, 0.25) is 10.0 Å². The second kappa shape index (κ2) is 6.66. The van der Waals surface area contributed by atoms with E-state index >= 15 is 0 Å². The van der Waals surface area contributed by atoms with Crippen molar-refractivity contribution < 1.29 is 13.2 Å². The molecule has 0 aliphatic carbocycles. The van der Waals surface area contributed by atoms with Gasteiger partial charge in [-0.2, -0.15) is 4.31 Å². The topological polar surface area (TPSA) is 83.5 Å². The molecule has 24 heavy (non-hydrogen) atoms. The summed E-state index contributed by atoms with van der Waals surface area (Å²) in [5.41, 5.74) is 1.38. The minimum absolute atomic E-state index is 0.128. The first-order valence-electron chi connectivity index (χ1n) is 7.50. The Morgan fingerprint density at radius 1 is 1.21 bits per heavy atom. The Morgan fingerprint density at radius 3 is 2.50 bits per heavy atom. The van der Waals surface area contributed by atoms with Crippen molar-refractivity contribution in [1.82, 2.24) is 19.2 Å². The van der Waals surface area contributed by atoms with Crippen LogP contribution in [0.15, 0.2) is 49.1 Å². The highest BCUT2D eigenvalue weighted by molar-refractivity contribution is 7.88. The highest BCUT2D eigenvalue weighted by atomic mass is 32.2. The van der Waals surface area contributed by atoms with Crippen molar-refractivity contribution in [3.8, 4) is 0 Å². The van der Waals surface area contributed by atoms with E-state index in [-0.39, 0.29) is 18.5 Å². The summed E-state index contributed by atoms with van der Waals surface area (Å²) in [6, 6.07) is 6.77.